The first-order valence-corrected chi connectivity index (χ1v) is 11.5. The van der Waals surface area contributed by atoms with Crippen LogP contribution in [0.25, 0.3) is 17.1 Å². The Morgan fingerprint density at radius 3 is 2.27 bits per heavy atom. The maximum atomic E-state index is 13.1. The van der Waals surface area contributed by atoms with Crippen LogP contribution < -0.4 is 0 Å². The molecule has 2 heterocycles. The van der Waals surface area contributed by atoms with E-state index in [9.17, 15) is 4.79 Å². The summed E-state index contributed by atoms with van der Waals surface area (Å²) in [5.74, 6) is 0.984. The minimum Gasteiger partial charge on any atom is -0.342 e. The Kier molecular flexibility index (Phi) is 6.53. The summed E-state index contributed by atoms with van der Waals surface area (Å²) >= 11 is 1.49. The van der Waals surface area contributed by atoms with Crippen molar-refractivity contribution in [1.82, 2.24) is 19.7 Å². The van der Waals surface area contributed by atoms with Gasteiger partial charge < -0.3 is 4.90 Å². The summed E-state index contributed by atoms with van der Waals surface area (Å²) in [4.78, 5) is 15.1. The summed E-state index contributed by atoms with van der Waals surface area (Å²) in [6.45, 7) is 5.78. The molecule has 0 aliphatic carbocycles. The van der Waals surface area contributed by atoms with Gasteiger partial charge in [0.05, 0.1) is 5.25 Å². The fourth-order valence-electron chi connectivity index (χ4n) is 3.80. The smallest absolute Gasteiger partial charge is 0.235 e. The number of carbonyl (C=O) groups excluding carboxylic acids is 1. The highest BCUT2D eigenvalue weighted by Crippen LogP contribution is 2.31. The Balaban J connectivity index is 1.65. The molecular weight excluding hydrogens is 392 g/mol. The molecule has 0 bridgehead atoms. The van der Waals surface area contributed by atoms with Crippen LogP contribution in [0, 0.1) is 6.92 Å². The van der Waals surface area contributed by atoms with Gasteiger partial charge in [-0.3, -0.25) is 9.36 Å². The number of thioether (sulfide) groups is 1. The van der Waals surface area contributed by atoms with Gasteiger partial charge in [-0.05, 0) is 38.8 Å². The standard InChI is InChI=1S/C24H28N4OS/c1-18-12-14-21(15-13-18)28-22(20-10-6-5-7-11-20)25-26-24(28)30-19(2)23(29)27-16-8-3-4-9-17-27/h5-7,10-15,19H,3-4,8-9,16-17H2,1-2H3. The molecule has 6 heteroatoms. The lowest BCUT2D eigenvalue weighted by atomic mass is 10.2. The van der Waals surface area contributed by atoms with Crippen molar-refractivity contribution in [2.75, 3.05) is 13.1 Å². The van der Waals surface area contributed by atoms with E-state index in [4.69, 9.17) is 0 Å². The van der Waals surface area contributed by atoms with Crippen molar-refractivity contribution < 1.29 is 4.79 Å². The molecule has 156 valence electrons. The van der Waals surface area contributed by atoms with E-state index in [2.05, 4.69) is 46.0 Å². The molecule has 4 rings (SSSR count). The van der Waals surface area contributed by atoms with Crippen molar-refractivity contribution in [3.8, 4) is 17.1 Å². The molecule has 1 unspecified atom stereocenters. The minimum atomic E-state index is -0.208. The van der Waals surface area contributed by atoms with Gasteiger partial charge in [-0.2, -0.15) is 0 Å². The van der Waals surface area contributed by atoms with Gasteiger partial charge in [0.1, 0.15) is 0 Å². The van der Waals surface area contributed by atoms with Gasteiger partial charge in [0.15, 0.2) is 11.0 Å². The van der Waals surface area contributed by atoms with Gasteiger partial charge in [-0.1, -0.05) is 72.6 Å². The van der Waals surface area contributed by atoms with Crippen LogP contribution in [0.1, 0.15) is 38.2 Å². The van der Waals surface area contributed by atoms with Gasteiger partial charge in [-0.15, -0.1) is 10.2 Å². The third-order valence-electron chi connectivity index (χ3n) is 5.51. The molecule has 0 spiro atoms. The normalized spacial score (nSPS) is 15.6. The van der Waals surface area contributed by atoms with Gasteiger partial charge >= 0.3 is 0 Å². The number of aryl methyl sites for hydroxylation is 1. The Hall–Kier alpha value is -2.60. The largest absolute Gasteiger partial charge is 0.342 e. The summed E-state index contributed by atoms with van der Waals surface area (Å²) in [7, 11) is 0. The number of hydrogen-bond donors (Lipinski definition) is 0. The lowest BCUT2D eigenvalue weighted by molar-refractivity contribution is -0.130. The SMILES string of the molecule is Cc1ccc(-n2c(SC(C)C(=O)N3CCCCCC3)nnc2-c2ccccc2)cc1. The van der Waals surface area contributed by atoms with E-state index in [1.54, 1.807) is 0 Å². The van der Waals surface area contributed by atoms with Crippen molar-refractivity contribution in [3.63, 3.8) is 0 Å². The third kappa shape index (κ3) is 4.59. The predicted molar refractivity (Wildman–Crippen MR) is 122 cm³/mol. The van der Waals surface area contributed by atoms with Crippen LogP contribution in [0.3, 0.4) is 0 Å². The lowest BCUT2D eigenvalue weighted by Gasteiger charge is -2.23. The first kappa shape index (κ1) is 20.7. The highest BCUT2D eigenvalue weighted by molar-refractivity contribution is 8.00. The summed E-state index contributed by atoms with van der Waals surface area (Å²) in [5, 5.41) is 9.51. The maximum Gasteiger partial charge on any atom is 0.235 e. The molecule has 1 amide bonds. The van der Waals surface area contributed by atoms with Crippen LogP contribution in [0.2, 0.25) is 0 Å². The molecule has 1 fully saturated rings. The van der Waals surface area contributed by atoms with Crippen LogP contribution in [0.15, 0.2) is 59.8 Å². The number of hydrogen-bond acceptors (Lipinski definition) is 4. The summed E-state index contributed by atoms with van der Waals surface area (Å²) in [6, 6.07) is 18.4. The topological polar surface area (TPSA) is 51.0 Å². The summed E-state index contributed by atoms with van der Waals surface area (Å²) < 4.78 is 2.06. The average molecular weight is 421 g/mol. The van der Waals surface area contributed by atoms with Crippen LogP contribution in [-0.2, 0) is 4.79 Å². The molecule has 2 aromatic carbocycles. The van der Waals surface area contributed by atoms with Gasteiger partial charge in [0, 0.05) is 24.3 Å². The molecule has 1 saturated heterocycles. The van der Waals surface area contributed by atoms with Crippen molar-refractivity contribution >= 4 is 17.7 Å². The van der Waals surface area contributed by atoms with E-state index < -0.39 is 0 Å². The summed E-state index contributed by atoms with van der Waals surface area (Å²) in [6.07, 6.45) is 4.63. The molecular formula is C24H28N4OS. The second kappa shape index (κ2) is 9.47. The molecule has 5 nitrogen and oxygen atoms in total. The van der Waals surface area contributed by atoms with Crippen molar-refractivity contribution in [1.29, 1.82) is 0 Å². The fourth-order valence-corrected chi connectivity index (χ4v) is 4.76. The molecule has 30 heavy (non-hydrogen) atoms. The number of aromatic nitrogens is 3. The lowest BCUT2D eigenvalue weighted by Crippen LogP contribution is -2.37. The van der Waals surface area contributed by atoms with Crippen LogP contribution in [-0.4, -0.2) is 43.9 Å². The van der Waals surface area contributed by atoms with Gasteiger partial charge in [-0.25, -0.2) is 0 Å². The summed E-state index contributed by atoms with van der Waals surface area (Å²) in [5.41, 5.74) is 3.21. The zero-order valence-corrected chi connectivity index (χ0v) is 18.4. The van der Waals surface area contributed by atoms with E-state index in [-0.39, 0.29) is 11.2 Å². The molecule has 0 N–H and O–H groups in total. The van der Waals surface area contributed by atoms with Crippen molar-refractivity contribution in [2.24, 2.45) is 0 Å². The number of rotatable bonds is 5. The van der Waals surface area contributed by atoms with Crippen molar-refractivity contribution in [3.05, 3.63) is 60.2 Å². The molecule has 1 atom stereocenters. The first-order chi connectivity index (χ1) is 14.6. The number of nitrogens with zero attached hydrogens (tertiary/aromatic N) is 4. The predicted octanol–water partition coefficient (Wildman–Crippen LogP) is 5.13. The minimum absolute atomic E-state index is 0.196. The molecule has 1 aliphatic rings. The van der Waals surface area contributed by atoms with E-state index in [1.807, 2.05) is 42.2 Å². The zero-order valence-electron chi connectivity index (χ0n) is 17.6. The highest BCUT2D eigenvalue weighted by atomic mass is 32.2. The number of benzene rings is 2. The average Bonchev–Trinajstić information content (AvgIpc) is 2.99. The van der Waals surface area contributed by atoms with E-state index in [1.165, 1.54) is 30.2 Å². The van der Waals surface area contributed by atoms with Crippen LogP contribution >= 0.6 is 11.8 Å². The molecule has 0 saturated carbocycles. The van der Waals surface area contributed by atoms with Crippen molar-refractivity contribution in [2.45, 2.75) is 49.9 Å². The quantitative estimate of drug-likeness (QED) is 0.537. The Morgan fingerprint density at radius 1 is 0.933 bits per heavy atom. The number of amides is 1. The van der Waals surface area contributed by atoms with E-state index in [0.717, 1.165) is 48.2 Å². The van der Waals surface area contributed by atoms with E-state index in [0.29, 0.717) is 0 Å². The van der Waals surface area contributed by atoms with Crippen LogP contribution in [0.4, 0.5) is 0 Å². The molecule has 0 radical (unpaired) electrons. The number of carbonyl (C=O) groups is 1. The van der Waals surface area contributed by atoms with E-state index >= 15 is 0 Å². The fraction of sp³-hybridized carbons (Fsp3) is 0.375. The second-order valence-electron chi connectivity index (χ2n) is 7.84. The maximum absolute atomic E-state index is 13.1. The third-order valence-corrected chi connectivity index (χ3v) is 6.54. The number of likely N-dealkylation sites (tertiary alicyclic amines) is 1. The van der Waals surface area contributed by atoms with Gasteiger partial charge in [0.2, 0.25) is 5.91 Å². The zero-order chi connectivity index (χ0) is 20.9. The first-order valence-electron chi connectivity index (χ1n) is 10.7. The molecule has 1 aromatic heterocycles. The monoisotopic (exact) mass is 420 g/mol. The molecule has 3 aromatic rings. The highest BCUT2D eigenvalue weighted by Gasteiger charge is 2.25. The Bertz CT molecular complexity index is 976. The second-order valence-corrected chi connectivity index (χ2v) is 9.15. The van der Waals surface area contributed by atoms with Gasteiger partial charge in [0.25, 0.3) is 0 Å². The Labute approximate surface area is 182 Å². The molecule has 1 aliphatic heterocycles. The van der Waals surface area contributed by atoms with Crippen LogP contribution in [0.5, 0.6) is 0 Å². The Morgan fingerprint density at radius 2 is 1.60 bits per heavy atom.